The van der Waals surface area contributed by atoms with Gasteiger partial charge in [0.05, 0.1) is 20.2 Å². The minimum atomic E-state index is -0.369. The number of nitrogens with zero attached hydrogens (tertiary/aromatic N) is 1. The van der Waals surface area contributed by atoms with E-state index >= 15 is 0 Å². The maximum Gasteiger partial charge on any atom is 0.410 e. The van der Waals surface area contributed by atoms with Crippen molar-refractivity contribution in [3.63, 3.8) is 0 Å². The molecule has 7 nitrogen and oxygen atoms in total. The summed E-state index contributed by atoms with van der Waals surface area (Å²) < 4.78 is 22.5. The Balaban J connectivity index is 1.61. The first kappa shape index (κ1) is 25.0. The van der Waals surface area contributed by atoms with Crippen LogP contribution in [0.1, 0.15) is 27.2 Å². The average molecular weight is 467 g/mol. The summed E-state index contributed by atoms with van der Waals surface area (Å²) >= 11 is 0. The van der Waals surface area contributed by atoms with Crippen molar-refractivity contribution in [1.82, 2.24) is 9.88 Å². The molecule has 1 atom stereocenters. The second-order valence-electron chi connectivity index (χ2n) is 7.92. The lowest BCUT2D eigenvalue weighted by atomic mass is 10.2. The summed E-state index contributed by atoms with van der Waals surface area (Å²) in [5.74, 6) is 1.75. The highest BCUT2D eigenvalue weighted by Gasteiger charge is 2.31. The van der Waals surface area contributed by atoms with Gasteiger partial charge in [0.2, 0.25) is 0 Å². The van der Waals surface area contributed by atoms with Gasteiger partial charge in [0.25, 0.3) is 0 Å². The summed E-state index contributed by atoms with van der Waals surface area (Å²) in [7, 11) is 1.54. The van der Waals surface area contributed by atoms with E-state index in [9.17, 15) is 4.79 Å². The number of carbonyl (C=O) groups excluding carboxylic acids is 1. The minimum Gasteiger partial charge on any atom is -0.494 e. The van der Waals surface area contributed by atoms with Crippen LogP contribution in [0.4, 0.5) is 4.79 Å². The Morgan fingerprint density at radius 3 is 2.85 bits per heavy atom. The highest BCUT2D eigenvalue weighted by Crippen LogP contribution is 2.15. The van der Waals surface area contributed by atoms with Gasteiger partial charge in [-0.05, 0) is 32.4 Å². The second-order valence-corrected chi connectivity index (χ2v) is 7.92. The van der Waals surface area contributed by atoms with Gasteiger partial charge in [-0.2, -0.15) is 0 Å². The van der Waals surface area contributed by atoms with Crippen molar-refractivity contribution >= 4 is 28.8 Å². The van der Waals surface area contributed by atoms with Crippen molar-refractivity contribution < 1.29 is 23.7 Å². The van der Waals surface area contributed by atoms with Crippen molar-refractivity contribution in [2.75, 3.05) is 33.4 Å². The SMILES string of the molecule is C=C(OC)/C(=C\C=C/C)OCCN1CC(CO/C(C)=c2/c(=C\CC)[nH]c3ccccc23)OC1=O. The summed E-state index contributed by atoms with van der Waals surface area (Å²) in [4.78, 5) is 17.4. The molecule has 1 unspecified atom stereocenters. The largest absolute Gasteiger partial charge is 0.494 e. The van der Waals surface area contributed by atoms with Crippen LogP contribution in [-0.2, 0) is 18.9 Å². The second kappa shape index (κ2) is 12.0. The highest BCUT2D eigenvalue weighted by molar-refractivity contribution is 5.81. The summed E-state index contributed by atoms with van der Waals surface area (Å²) in [5.41, 5.74) is 1.07. The zero-order chi connectivity index (χ0) is 24.5. The smallest absolute Gasteiger partial charge is 0.410 e. The van der Waals surface area contributed by atoms with Gasteiger partial charge in [-0.25, -0.2) is 4.79 Å². The first-order chi connectivity index (χ1) is 16.5. The Labute approximate surface area is 200 Å². The summed E-state index contributed by atoms with van der Waals surface area (Å²) in [5, 5.41) is 3.20. The van der Waals surface area contributed by atoms with Crippen LogP contribution in [0.25, 0.3) is 22.7 Å². The average Bonchev–Trinajstić information content (AvgIpc) is 3.38. The van der Waals surface area contributed by atoms with Gasteiger partial charge in [0, 0.05) is 21.5 Å². The number of allylic oxidation sites excluding steroid dienone is 3. The molecule has 0 aliphatic carbocycles. The molecule has 2 heterocycles. The molecule has 182 valence electrons. The quantitative estimate of drug-likeness (QED) is 0.401. The Hall–Kier alpha value is -3.61. The fourth-order valence-electron chi connectivity index (χ4n) is 3.81. The van der Waals surface area contributed by atoms with Crippen molar-refractivity contribution in [2.24, 2.45) is 0 Å². The Kier molecular flexibility index (Phi) is 8.85. The number of methoxy groups -OCH3 is 1. The molecule has 1 N–H and O–H groups in total. The molecule has 0 spiro atoms. The number of H-pyrrole nitrogens is 1. The van der Waals surface area contributed by atoms with Crippen LogP contribution in [0, 0.1) is 0 Å². The predicted molar refractivity (Wildman–Crippen MR) is 134 cm³/mol. The van der Waals surface area contributed by atoms with Gasteiger partial charge < -0.3 is 28.8 Å². The highest BCUT2D eigenvalue weighted by atomic mass is 16.6. The van der Waals surface area contributed by atoms with Crippen molar-refractivity contribution in [2.45, 2.75) is 33.3 Å². The zero-order valence-electron chi connectivity index (χ0n) is 20.4. The monoisotopic (exact) mass is 466 g/mol. The number of aromatic nitrogens is 1. The van der Waals surface area contributed by atoms with E-state index in [1.54, 1.807) is 11.0 Å². The number of amides is 1. The van der Waals surface area contributed by atoms with Gasteiger partial charge in [0.1, 0.15) is 19.0 Å². The Morgan fingerprint density at radius 1 is 1.32 bits per heavy atom. The summed E-state index contributed by atoms with van der Waals surface area (Å²) in [6.45, 7) is 11.2. The van der Waals surface area contributed by atoms with Crippen LogP contribution < -0.4 is 10.6 Å². The topological polar surface area (TPSA) is 73.0 Å². The summed E-state index contributed by atoms with van der Waals surface area (Å²) in [6.07, 6.45) is 7.84. The molecule has 0 bridgehead atoms. The fraction of sp³-hybridized carbons (Fsp3) is 0.370. The lowest BCUT2D eigenvalue weighted by Gasteiger charge is -2.16. The molecule has 1 amide bonds. The van der Waals surface area contributed by atoms with Gasteiger partial charge in [0.15, 0.2) is 17.6 Å². The van der Waals surface area contributed by atoms with E-state index in [1.165, 1.54) is 7.11 Å². The molecular weight excluding hydrogens is 432 g/mol. The number of carbonyl (C=O) groups is 1. The van der Waals surface area contributed by atoms with Crippen LogP contribution in [0.5, 0.6) is 0 Å². The van der Waals surface area contributed by atoms with Gasteiger partial charge >= 0.3 is 6.09 Å². The van der Waals surface area contributed by atoms with Crippen LogP contribution in [0.15, 0.2) is 60.6 Å². The minimum absolute atomic E-state index is 0.285. The summed E-state index contributed by atoms with van der Waals surface area (Å²) in [6, 6.07) is 8.16. The number of aromatic amines is 1. The molecule has 0 radical (unpaired) electrons. The molecule has 1 saturated heterocycles. The number of fused-ring (bicyclic) bond motifs is 1. The normalized spacial score (nSPS) is 17.9. The Bertz CT molecular complexity index is 1190. The molecule has 7 heteroatoms. The molecule has 1 aliphatic heterocycles. The van der Waals surface area contributed by atoms with Crippen LogP contribution in [-0.4, -0.2) is 55.5 Å². The van der Waals surface area contributed by atoms with Crippen molar-refractivity contribution in [1.29, 1.82) is 0 Å². The number of nitrogens with one attached hydrogen (secondary N) is 1. The van der Waals surface area contributed by atoms with Gasteiger partial charge in [-0.3, -0.25) is 0 Å². The van der Waals surface area contributed by atoms with E-state index < -0.39 is 0 Å². The van der Waals surface area contributed by atoms with Gasteiger partial charge in [-0.1, -0.05) is 49.9 Å². The van der Waals surface area contributed by atoms with E-state index in [1.807, 2.05) is 38.1 Å². The molecule has 1 aromatic carbocycles. The number of para-hydroxylation sites is 1. The van der Waals surface area contributed by atoms with E-state index in [4.69, 9.17) is 18.9 Å². The Morgan fingerprint density at radius 2 is 2.12 bits per heavy atom. The molecule has 34 heavy (non-hydrogen) atoms. The molecule has 1 aromatic heterocycles. The van der Waals surface area contributed by atoms with Crippen LogP contribution >= 0.6 is 0 Å². The number of rotatable bonds is 11. The number of ether oxygens (including phenoxy) is 4. The lowest BCUT2D eigenvalue weighted by molar-refractivity contribution is 0.0916. The number of benzene rings is 1. The van der Waals surface area contributed by atoms with Crippen LogP contribution in [0.2, 0.25) is 0 Å². The van der Waals surface area contributed by atoms with Crippen molar-refractivity contribution in [3.05, 3.63) is 71.2 Å². The molecule has 1 fully saturated rings. The third-order valence-corrected chi connectivity index (χ3v) is 5.51. The zero-order valence-corrected chi connectivity index (χ0v) is 20.4. The third kappa shape index (κ3) is 6.04. The predicted octanol–water partition coefficient (Wildman–Crippen LogP) is 3.96. The number of hydrogen-bond donors (Lipinski definition) is 1. The van der Waals surface area contributed by atoms with Gasteiger partial charge in [-0.15, -0.1) is 0 Å². The molecular formula is C27H34N2O5. The molecule has 1 aliphatic rings. The van der Waals surface area contributed by atoms with Crippen molar-refractivity contribution in [3.8, 4) is 0 Å². The first-order valence-corrected chi connectivity index (χ1v) is 11.5. The first-order valence-electron chi connectivity index (χ1n) is 11.5. The fourth-order valence-corrected chi connectivity index (χ4v) is 3.81. The lowest BCUT2D eigenvalue weighted by Crippen LogP contribution is -2.30. The standard InChI is InChI=1S/C27H34N2O5/c1-6-8-14-25(19(3)31-5)32-16-15-29-17-21(34-27(29)30)18-33-20(4)26-22-12-9-10-13-23(22)28-24(26)11-7-2/h6,8-14,21,28H,3,7,15-18H2,1-2,4-5H3/b8-6-,24-11+,25-14+,26-20+. The van der Waals surface area contributed by atoms with Crippen LogP contribution in [0.3, 0.4) is 0 Å². The maximum absolute atomic E-state index is 12.3. The third-order valence-electron chi connectivity index (χ3n) is 5.51. The van der Waals surface area contributed by atoms with E-state index in [-0.39, 0.29) is 18.8 Å². The van der Waals surface area contributed by atoms with E-state index in [2.05, 4.69) is 36.7 Å². The van der Waals surface area contributed by atoms with E-state index in [0.717, 1.165) is 33.7 Å². The molecule has 2 aromatic rings. The number of cyclic esters (lactones) is 1. The molecule has 3 rings (SSSR count). The maximum atomic E-state index is 12.3. The number of hydrogen-bond acceptors (Lipinski definition) is 5. The van der Waals surface area contributed by atoms with E-state index in [0.29, 0.717) is 31.2 Å². The molecule has 0 saturated carbocycles.